The minimum absolute atomic E-state index is 0.0446. The van der Waals surface area contributed by atoms with Crippen molar-refractivity contribution in [2.45, 2.75) is 18.9 Å². The van der Waals surface area contributed by atoms with Gasteiger partial charge in [0.2, 0.25) is 11.8 Å². The molecule has 1 spiro atoms. The third-order valence-electron chi connectivity index (χ3n) is 6.59. The summed E-state index contributed by atoms with van der Waals surface area (Å²) in [6, 6.07) is 18.2. The molecule has 0 saturated heterocycles. The predicted octanol–water partition coefficient (Wildman–Crippen LogP) is 2.26. The molecule has 1 amide bonds. The molecule has 5 rings (SSSR count). The molecule has 1 atom stereocenters. The lowest BCUT2D eigenvalue weighted by Crippen LogP contribution is -2.51. The number of anilines is 1. The number of ether oxygens (including phenoxy) is 2. The molecule has 0 radical (unpaired) electrons. The van der Waals surface area contributed by atoms with Gasteiger partial charge in [0.15, 0.2) is 0 Å². The summed E-state index contributed by atoms with van der Waals surface area (Å²) in [5.41, 5.74) is 6.42. The minimum Gasteiger partial charge on any atom is -0.465 e. The molecule has 34 heavy (non-hydrogen) atoms. The highest BCUT2D eigenvalue weighted by atomic mass is 16.5. The zero-order chi connectivity index (χ0) is 24.2. The van der Waals surface area contributed by atoms with E-state index in [0.717, 1.165) is 5.56 Å². The molecule has 172 valence electrons. The molecule has 2 aliphatic heterocycles. The smallest absolute Gasteiger partial charge is 0.340 e. The Morgan fingerprint density at radius 1 is 1.09 bits per heavy atom. The van der Waals surface area contributed by atoms with Crippen LogP contribution in [0.25, 0.3) is 0 Å². The summed E-state index contributed by atoms with van der Waals surface area (Å²) in [5.74, 6) is -1.42. The van der Waals surface area contributed by atoms with Crippen LogP contribution in [0, 0.1) is 6.92 Å². The Balaban J connectivity index is 1.88. The molecule has 0 bridgehead atoms. The summed E-state index contributed by atoms with van der Waals surface area (Å²) >= 11 is 0. The number of carbonyl (C=O) groups is 2. The lowest BCUT2D eigenvalue weighted by Gasteiger charge is -2.35. The Morgan fingerprint density at radius 2 is 1.76 bits per heavy atom. The average Bonchev–Trinajstić information content (AvgIpc) is 3.06. The standard InChI is InChI=1S/C26H23N3O5/c1-15-13-19-20(23(30)28(15)2)26(21(22(27)34-19)24(31)33-3)17-11-7-8-12-18(17)29(25(26)32)14-16-9-5-4-6-10-16/h4-13H,14,27H2,1-3H3/t26-/m1/s1. The normalized spacial score (nSPS) is 18.6. The number of esters is 1. The van der Waals surface area contributed by atoms with E-state index in [1.807, 2.05) is 36.4 Å². The summed E-state index contributed by atoms with van der Waals surface area (Å²) in [5, 5.41) is 0. The first kappa shape index (κ1) is 21.5. The topological polar surface area (TPSA) is 104 Å². The van der Waals surface area contributed by atoms with Crippen LogP contribution in [0.4, 0.5) is 5.69 Å². The zero-order valence-corrected chi connectivity index (χ0v) is 19.0. The third-order valence-corrected chi connectivity index (χ3v) is 6.59. The third kappa shape index (κ3) is 2.75. The highest BCUT2D eigenvalue weighted by Crippen LogP contribution is 2.54. The monoisotopic (exact) mass is 457 g/mol. The van der Waals surface area contributed by atoms with Gasteiger partial charge < -0.3 is 24.7 Å². The first-order chi connectivity index (χ1) is 16.3. The number of benzene rings is 2. The van der Waals surface area contributed by atoms with Crippen molar-refractivity contribution >= 4 is 17.6 Å². The number of hydrogen-bond acceptors (Lipinski definition) is 6. The van der Waals surface area contributed by atoms with Gasteiger partial charge in [-0.15, -0.1) is 0 Å². The summed E-state index contributed by atoms with van der Waals surface area (Å²) in [6.07, 6.45) is 0. The average molecular weight is 457 g/mol. The number of carbonyl (C=O) groups excluding carboxylic acids is 2. The van der Waals surface area contributed by atoms with Crippen molar-refractivity contribution < 1.29 is 19.1 Å². The largest absolute Gasteiger partial charge is 0.465 e. The number of hydrogen-bond donors (Lipinski definition) is 1. The number of para-hydroxylation sites is 1. The molecule has 0 fully saturated rings. The van der Waals surface area contributed by atoms with Gasteiger partial charge in [0.25, 0.3) is 5.56 Å². The number of aryl methyl sites for hydroxylation is 1. The summed E-state index contributed by atoms with van der Waals surface area (Å²) in [6.45, 7) is 1.99. The fourth-order valence-electron chi connectivity index (χ4n) is 4.91. The van der Waals surface area contributed by atoms with Crippen LogP contribution >= 0.6 is 0 Å². The maximum absolute atomic E-state index is 14.5. The van der Waals surface area contributed by atoms with Gasteiger partial charge in [-0.3, -0.25) is 9.59 Å². The summed E-state index contributed by atoms with van der Waals surface area (Å²) < 4.78 is 12.2. The second kappa shape index (κ2) is 7.62. The molecule has 0 saturated carbocycles. The van der Waals surface area contributed by atoms with Crippen molar-refractivity contribution in [3.05, 3.63) is 105 Å². The highest BCUT2D eigenvalue weighted by molar-refractivity contribution is 6.18. The van der Waals surface area contributed by atoms with Gasteiger partial charge in [-0.25, -0.2) is 4.79 Å². The van der Waals surface area contributed by atoms with Crippen molar-refractivity contribution in [3.8, 4) is 5.75 Å². The maximum atomic E-state index is 14.5. The molecular formula is C26H23N3O5. The SMILES string of the molecule is COC(=O)C1=C(N)Oc2cc(C)n(C)c(=O)c2[C@@]12C(=O)N(Cc1ccccc1)c1ccccc12. The quantitative estimate of drug-likeness (QED) is 0.605. The van der Waals surface area contributed by atoms with Gasteiger partial charge in [-0.1, -0.05) is 48.5 Å². The molecule has 2 N–H and O–H groups in total. The van der Waals surface area contributed by atoms with Crippen molar-refractivity contribution in [3.63, 3.8) is 0 Å². The van der Waals surface area contributed by atoms with Crippen molar-refractivity contribution in [1.82, 2.24) is 4.57 Å². The highest BCUT2D eigenvalue weighted by Gasteiger charge is 2.62. The van der Waals surface area contributed by atoms with Crippen LogP contribution in [-0.4, -0.2) is 23.6 Å². The molecule has 1 aromatic heterocycles. The Bertz CT molecular complexity index is 1440. The zero-order valence-electron chi connectivity index (χ0n) is 19.0. The Hall–Kier alpha value is -4.33. The maximum Gasteiger partial charge on any atom is 0.340 e. The Kier molecular flexibility index (Phi) is 4.82. The Morgan fingerprint density at radius 3 is 2.47 bits per heavy atom. The minimum atomic E-state index is -1.81. The van der Waals surface area contributed by atoms with Gasteiger partial charge in [0, 0.05) is 30.1 Å². The van der Waals surface area contributed by atoms with Crippen LogP contribution in [0.2, 0.25) is 0 Å². The van der Waals surface area contributed by atoms with E-state index >= 15 is 0 Å². The van der Waals surface area contributed by atoms with Gasteiger partial charge in [0.05, 0.1) is 19.2 Å². The number of fused-ring (bicyclic) bond motifs is 4. The fraction of sp³-hybridized carbons (Fsp3) is 0.192. The summed E-state index contributed by atoms with van der Waals surface area (Å²) in [4.78, 5) is 42.8. The molecule has 8 heteroatoms. The molecular weight excluding hydrogens is 434 g/mol. The van der Waals surface area contributed by atoms with Gasteiger partial charge in [-0.05, 0) is 18.6 Å². The second-order valence-electron chi connectivity index (χ2n) is 8.37. The number of nitrogens with two attached hydrogens (primary N) is 1. The lowest BCUT2D eigenvalue weighted by atomic mass is 9.68. The number of pyridine rings is 1. The van der Waals surface area contributed by atoms with E-state index in [2.05, 4.69) is 0 Å². The van der Waals surface area contributed by atoms with E-state index < -0.39 is 22.9 Å². The van der Waals surface area contributed by atoms with Crippen molar-refractivity contribution in [1.29, 1.82) is 0 Å². The molecule has 3 heterocycles. The molecule has 2 aromatic carbocycles. The van der Waals surface area contributed by atoms with Gasteiger partial charge in [0.1, 0.15) is 16.7 Å². The van der Waals surface area contributed by atoms with E-state index in [4.69, 9.17) is 15.2 Å². The lowest BCUT2D eigenvalue weighted by molar-refractivity contribution is -0.138. The summed E-state index contributed by atoms with van der Waals surface area (Å²) in [7, 11) is 2.81. The Labute approximate surface area is 195 Å². The predicted molar refractivity (Wildman–Crippen MR) is 125 cm³/mol. The number of nitrogens with zero attached hydrogens (tertiary/aromatic N) is 2. The van der Waals surface area contributed by atoms with Gasteiger partial charge in [-0.2, -0.15) is 0 Å². The van der Waals surface area contributed by atoms with E-state index in [0.29, 0.717) is 16.9 Å². The molecule has 0 aliphatic carbocycles. The first-order valence-corrected chi connectivity index (χ1v) is 10.7. The second-order valence-corrected chi connectivity index (χ2v) is 8.37. The van der Waals surface area contributed by atoms with Crippen LogP contribution in [0.15, 0.2) is 76.9 Å². The van der Waals surface area contributed by atoms with E-state index in [9.17, 15) is 14.4 Å². The van der Waals surface area contributed by atoms with E-state index in [1.165, 1.54) is 11.7 Å². The van der Waals surface area contributed by atoms with Crippen LogP contribution in [0.3, 0.4) is 0 Å². The van der Waals surface area contributed by atoms with Crippen molar-refractivity contribution in [2.24, 2.45) is 12.8 Å². The van der Waals surface area contributed by atoms with Crippen LogP contribution in [0.5, 0.6) is 5.75 Å². The van der Waals surface area contributed by atoms with Crippen LogP contribution in [-0.2, 0) is 33.3 Å². The number of amides is 1. The van der Waals surface area contributed by atoms with Crippen LogP contribution in [0.1, 0.15) is 22.4 Å². The van der Waals surface area contributed by atoms with E-state index in [-0.39, 0.29) is 29.3 Å². The molecule has 0 unspecified atom stereocenters. The van der Waals surface area contributed by atoms with Crippen LogP contribution < -0.4 is 20.9 Å². The van der Waals surface area contributed by atoms with E-state index in [1.54, 1.807) is 43.1 Å². The molecule has 2 aliphatic rings. The number of methoxy groups -OCH3 is 1. The molecule has 8 nitrogen and oxygen atoms in total. The first-order valence-electron chi connectivity index (χ1n) is 10.7. The molecule has 3 aromatic rings. The fourth-order valence-corrected chi connectivity index (χ4v) is 4.91. The number of rotatable bonds is 3. The van der Waals surface area contributed by atoms with Gasteiger partial charge >= 0.3 is 5.97 Å². The number of aromatic nitrogens is 1. The van der Waals surface area contributed by atoms with Crippen molar-refractivity contribution in [2.75, 3.05) is 12.0 Å².